The van der Waals surface area contributed by atoms with E-state index in [1.165, 1.54) is 48.7 Å². The highest BCUT2D eigenvalue weighted by Gasteiger charge is 2.20. The Balaban J connectivity index is 1.67. The van der Waals surface area contributed by atoms with Crippen LogP contribution >= 0.6 is 15.9 Å². The maximum Gasteiger partial charge on any atom is 0.311 e. The van der Waals surface area contributed by atoms with E-state index >= 15 is 0 Å². The first-order chi connectivity index (χ1) is 18.3. The highest BCUT2D eigenvalue weighted by Crippen LogP contribution is 2.30. The zero-order valence-electron chi connectivity index (χ0n) is 20.1. The molecular weight excluding hydrogens is 561 g/mol. The van der Waals surface area contributed by atoms with Gasteiger partial charge in [0.25, 0.3) is 11.5 Å². The number of para-hydroxylation sites is 1. The number of halogens is 2. The number of nitrogens with zero attached hydrogens (tertiary/aromatic N) is 4. The third kappa shape index (κ3) is 6.09. The predicted octanol–water partition coefficient (Wildman–Crippen LogP) is 5.06. The van der Waals surface area contributed by atoms with Crippen LogP contribution in [0.2, 0.25) is 0 Å². The van der Waals surface area contributed by atoms with E-state index in [0.717, 1.165) is 4.68 Å². The molecule has 0 atom stereocenters. The number of ether oxygens (including phenoxy) is 1. The number of carbonyl (C=O) groups excluding carboxylic acids is 1. The molecule has 3 aromatic carbocycles. The summed E-state index contributed by atoms with van der Waals surface area (Å²) in [5.41, 5.74) is 0.257. The van der Waals surface area contributed by atoms with Crippen molar-refractivity contribution >= 4 is 50.3 Å². The Kier molecular flexibility index (Phi) is 8.22. The molecule has 0 aliphatic rings. The Morgan fingerprint density at radius 3 is 2.71 bits per heavy atom. The van der Waals surface area contributed by atoms with Crippen molar-refractivity contribution in [2.75, 3.05) is 11.9 Å². The van der Waals surface area contributed by atoms with Gasteiger partial charge in [-0.15, -0.1) is 0 Å². The number of hydrogen-bond donors (Lipinski definition) is 1. The van der Waals surface area contributed by atoms with Gasteiger partial charge >= 0.3 is 5.69 Å². The van der Waals surface area contributed by atoms with Crippen LogP contribution in [-0.4, -0.2) is 33.3 Å². The van der Waals surface area contributed by atoms with Gasteiger partial charge in [-0.05, 0) is 55.0 Å². The molecule has 0 unspecified atom stereocenters. The van der Waals surface area contributed by atoms with Gasteiger partial charge in [0.05, 0.1) is 22.0 Å². The minimum Gasteiger partial charge on any atom is -0.476 e. The quantitative estimate of drug-likeness (QED) is 0.167. The number of nitro groups is 1. The molecule has 1 N–H and O–H groups in total. The standard InChI is InChI=1S/C26H21BrFN5O5/c1-2-4-23-31-21-12-7-17(27)13-20(21)26(35)32(23)29-14-16-5-3-6-22(33(36)37)25(16)38-15-24(34)30-19-10-8-18(28)9-11-19/h3,5-14H,2,4,15H2,1H3,(H,30,34). The number of nitro benzene ring substituents is 1. The average Bonchev–Trinajstić information content (AvgIpc) is 2.89. The van der Waals surface area contributed by atoms with Gasteiger partial charge in [0, 0.05) is 28.2 Å². The predicted molar refractivity (Wildman–Crippen MR) is 144 cm³/mol. The number of rotatable bonds is 9. The molecule has 0 spiro atoms. The summed E-state index contributed by atoms with van der Waals surface area (Å²) in [6, 6.07) is 14.5. The van der Waals surface area contributed by atoms with Crippen LogP contribution in [0.3, 0.4) is 0 Å². The summed E-state index contributed by atoms with van der Waals surface area (Å²) >= 11 is 3.36. The van der Waals surface area contributed by atoms with E-state index in [1.807, 2.05) is 6.92 Å². The molecule has 10 nitrogen and oxygen atoms in total. The molecule has 4 aromatic rings. The fourth-order valence-corrected chi connectivity index (χ4v) is 3.99. The molecule has 0 aliphatic heterocycles. The van der Waals surface area contributed by atoms with Crippen LogP contribution in [0.1, 0.15) is 24.7 Å². The van der Waals surface area contributed by atoms with E-state index in [2.05, 4.69) is 31.3 Å². The van der Waals surface area contributed by atoms with Crippen molar-refractivity contribution in [2.45, 2.75) is 19.8 Å². The van der Waals surface area contributed by atoms with Crippen molar-refractivity contribution in [2.24, 2.45) is 5.10 Å². The van der Waals surface area contributed by atoms with E-state index in [0.29, 0.717) is 39.7 Å². The van der Waals surface area contributed by atoms with Gasteiger partial charge in [0.1, 0.15) is 11.6 Å². The minimum atomic E-state index is -0.645. The van der Waals surface area contributed by atoms with Gasteiger partial charge in [-0.2, -0.15) is 9.78 Å². The normalized spacial score (nSPS) is 11.1. The molecule has 1 amide bonds. The van der Waals surface area contributed by atoms with Crippen LogP contribution in [0.25, 0.3) is 10.9 Å². The summed E-state index contributed by atoms with van der Waals surface area (Å²) in [6.07, 6.45) is 2.44. The molecule has 0 fully saturated rings. The topological polar surface area (TPSA) is 129 Å². The molecular formula is C26H21BrFN5O5. The minimum absolute atomic E-state index is 0.178. The summed E-state index contributed by atoms with van der Waals surface area (Å²) < 4.78 is 20.5. The van der Waals surface area contributed by atoms with Crippen LogP contribution in [0.4, 0.5) is 15.8 Å². The van der Waals surface area contributed by atoms with Crippen LogP contribution in [-0.2, 0) is 11.2 Å². The van der Waals surface area contributed by atoms with E-state index in [4.69, 9.17) is 4.74 Å². The van der Waals surface area contributed by atoms with Crippen molar-refractivity contribution in [1.29, 1.82) is 0 Å². The third-order valence-corrected chi connectivity index (χ3v) is 5.85. The van der Waals surface area contributed by atoms with Gasteiger partial charge in [0.15, 0.2) is 6.61 Å². The zero-order valence-corrected chi connectivity index (χ0v) is 21.6. The summed E-state index contributed by atoms with van der Waals surface area (Å²) in [7, 11) is 0. The van der Waals surface area contributed by atoms with E-state index in [1.54, 1.807) is 18.2 Å². The number of fused-ring (bicyclic) bond motifs is 1. The maximum absolute atomic E-state index is 13.2. The first-order valence-electron chi connectivity index (χ1n) is 11.5. The van der Waals surface area contributed by atoms with Gasteiger partial charge < -0.3 is 10.1 Å². The molecule has 0 bridgehead atoms. The Bertz CT molecular complexity index is 1600. The van der Waals surface area contributed by atoms with Crippen molar-refractivity contribution < 1.29 is 18.8 Å². The lowest BCUT2D eigenvalue weighted by Crippen LogP contribution is -2.23. The molecule has 1 aromatic heterocycles. The highest BCUT2D eigenvalue weighted by atomic mass is 79.9. The fraction of sp³-hybridized carbons (Fsp3) is 0.154. The Labute approximate surface area is 224 Å². The lowest BCUT2D eigenvalue weighted by molar-refractivity contribution is -0.385. The van der Waals surface area contributed by atoms with E-state index in [-0.39, 0.29) is 17.0 Å². The number of amides is 1. The summed E-state index contributed by atoms with van der Waals surface area (Å²) in [6.45, 7) is 1.38. The smallest absolute Gasteiger partial charge is 0.311 e. The van der Waals surface area contributed by atoms with Crippen molar-refractivity contribution in [3.05, 3.63) is 103 Å². The van der Waals surface area contributed by atoms with Gasteiger partial charge in [-0.3, -0.25) is 19.7 Å². The van der Waals surface area contributed by atoms with Crippen molar-refractivity contribution in [3.8, 4) is 5.75 Å². The van der Waals surface area contributed by atoms with Crippen LogP contribution < -0.4 is 15.6 Å². The SMILES string of the molecule is CCCc1nc2ccc(Br)cc2c(=O)n1N=Cc1cccc([N+](=O)[O-])c1OCC(=O)Nc1ccc(F)cc1. The Morgan fingerprint density at radius 2 is 2.00 bits per heavy atom. The van der Waals surface area contributed by atoms with Crippen LogP contribution in [0.5, 0.6) is 5.75 Å². The molecule has 38 heavy (non-hydrogen) atoms. The first-order valence-corrected chi connectivity index (χ1v) is 12.3. The average molecular weight is 582 g/mol. The molecule has 0 saturated heterocycles. The number of benzene rings is 3. The van der Waals surface area contributed by atoms with Crippen molar-refractivity contribution in [1.82, 2.24) is 9.66 Å². The molecule has 12 heteroatoms. The number of aryl methyl sites for hydroxylation is 1. The number of hydrogen-bond acceptors (Lipinski definition) is 7. The zero-order chi connectivity index (χ0) is 27.2. The second kappa shape index (κ2) is 11.7. The van der Waals surface area contributed by atoms with Gasteiger partial charge in [0.2, 0.25) is 5.75 Å². The van der Waals surface area contributed by atoms with Crippen molar-refractivity contribution in [3.63, 3.8) is 0 Å². The largest absolute Gasteiger partial charge is 0.476 e. The maximum atomic E-state index is 13.2. The fourth-order valence-electron chi connectivity index (χ4n) is 3.63. The third-order valence-electron chi connectivity index (χ3n) is 5.36. The summed E-state index contributed by atoms with van der Waals surface area (Å²) in [4.78, 5) is 41.2. The lowest BCUT2D eigenvalue weighted by atomic mass is 10.2. The summed E-state index contributed by atoms with van der Waals surface area (Å²) in [5.74, 6) is -0.839. The lowest BCUT2D eigenvalue weighted by Gasteiger charge is -2.11. The Morgan fingerprint density at radius 1 is 1.24 bits per heavy atom. The highest BCUT2D eigenvalue weighted by molar-refractivity contribution is 9.10. The van der Waals surface area contributed by atoms with E-state index < -0.39 is 28.8 Å². The number of carbonyl (C=O) groups is 1. The first kappa shape index (κ1) is 26.6. The Hall–Kier alpha value is -4.45. The van der Waals surface area contributed by atoms with E-state index in [9.17, 15) is 24.1 Å². The second-order valence-electron chi connectivity index (χ2n) is 8.10. The molecule has 0 saturated carbocycles. The van der Waals surface area contributed by atoms with Crippen LogP contribution in [0, 0.1) is 15.9 Å². The number of aromatic nitrogens is 2. The number of anilines is 1. The van der Waals surface area contributed by atoms with Gasteiger partial charge in [-0.1, -0.05) is 28.9 Å². The molecule has 0 radical (unpaired) electrons. The monoisotopic (exact) mass is 581 g/mol. The summed E-state index contributed by atoms with van der Waals surface area (Å²) in [5, 5.41) is 18.8. The van der Waals surface area contributed by atoms with Gasteiger partial charge in [-0.25, -0.2) is 9.37 Å². The van der Waals surface area contributed by atoms with Crippen LogP contribution in [0.15, 0.2) is 75.0 Å². The molecule has 194 valence electrons. The molecule has 4 rings (SSSR count). The second-order valence-corrected chi connectivity index (χ2v) is 9.01. The molecule has 1 heterocycles. The molecule has 0 aliphatic carbocycles. The number of nitrogens with one attached hydrogen (secondary N) is 1.